The van der Waals surface area contributed by atoms with Crippen LogP contribution in [0.5, 0.6) is 0 Å². The molecule has 1 amide bonds. The number of carbonyl (C=O) groups excluding carboxylic acids is 1. The summed E-state index contributed by atoms with van der Waals surface area (Å²) in [6, 6.07) is 0.340. The van der Waals surface area contributed by atoms with E-state index in [1.54, 1.807) is 0 Å². The van der Waals surface area contributed by atoms with Gasteiger partial charge in [0.1, 0.15) is 0 Å². The van der Waals surface area contributed by atoms with Crippen molar-refractivity contribution in [3.8, 4) is 0 Å². The third-order valence-electron chi connectivity index (χ3n) is 4.41. The number of nitrogens with one attached hydrogen (secondary N) is 2. The molecule has 0 aliphatic carbocycles. The normalized spacial score (nSPS) is 30.8. The third kappa shape index (κ3) is 5.06. The Bertz CT molecular complexity index is 296. The summed E-state index contributed by atoms with van der Waals surface area (Å²) in [6.07, 6.45) is 5.63. The second-order valence-electron chi connectivity index (χ2n) is 5.92. The lowest BCUT2D eigenvalue weighted by Crippen LogP contribution is -2.60. The van der Waals surface area contributed by atoms with E-state index in [1.807, 2.05) is 6.92 Å². The zero-order valence-electron chi connectivity index (χ0n) is 12.6. The minimum atomic E-state index is -0.341. The molecule has 2 saturated heterocycles. The molecule has 2 aliphatic heterocycles. The van der Waals surface area contributed by atoms with E-state index in [9.17, 15) is 4.79 Å². The molecule has 0 aromatic rings. The molecule has 2 rings (SSSR count). The maximum atomic E-state index is 12.4. The van der Waals surface area contributed by atoms with Crippen molar-refractivity contribution in [1.29, 1.82) is 0 Å². The lowest BCUT2D eigenvalue weighted by molar-refractivity contribution is -0.129. The average Bonchev–Trinajstić information content (AvgIpc) is 2.40. The first-order valence-electron chi connectivity index (χ1n) is 7.42. The first kappa shape index (κ1) is 20.0. The second kappa shape index (κ2) is 9.08. The quantitative estimate of drug-likeness (QED) is 0.833. The van der Waals surface area contributed by atoms with Gasteiger partial charge in [-0.15, -0.1) is 24.8 Å². The Balaban J connectivity index is 0.00000180. The van der Waals surface area contributed by atoms with Gasteiger partial charge in [-0.25, -0.2) is 0 Å². The van der Waals surface area contributed by atoms with Crippen molar-refractivity contribution >= 4 is 30.7 Å². The molecule has 2 aliphatic rings. The molecule has 0 aromatic carbocycles. The van der Waals surface area contributed by atoms with Crippen LogP contribution in [0.3, 0.4) is 0 Å². The van der Waals surface area contributed by atoms with E-state index < -0.39 is 0 Å². The predicted molar refractivity (Wildman–Crippen MR) is 88.0 cm³/mol. The molecule has 2 unspecified atom stereocenters. The van der Waals surface area contributed by atoms with Crippen LogP contribution in [0.1, 0.15) is 46.0 Å². The van der Waals surface area contributed by atoms with Crippen molar-refractivity contribution in [2.24, 2.45) is 0 Å². The first-order chi connectivity index (χ1) is 8.64. The summed E-state index contributed by atoms with van der Waals surface area (Å²) in [5, 5.41) is 6.63. The maximum absolute atomic E-state index is 12.4. The number of likely N-dealkylation sites (N-methyl/N-ethyl adjacent to an activating group) is 1. The number of amides is 1. The highest BCUT2D eigenvalue weighted by Crippen LogP contribution is 2.20. The summed E-state index contributed by atoms with van der Waals surface area (Å²) in [7, 11) is 0. The molecule has 2 fully saturated rings. The fourth-order valence-corrected chi connectivity index (χ4v) is 3.06. The maximum Gasteiger partial charge on any atom is 0.240 e. The average molecular weight is 326 g/mol. The topological polar surface area (TPSA) is 44.4 Å². The van der Waals surface area contributed by atoms with Crippen LogP contribution in [0.2, 0.25) is 0 Å². The lowest BCUT2D eigenvalue weighted by atomic mass is 9.89. The summed E-state index contributed by atoms with van der Waals surface area (Å²) in [4.78, 5) is 14.8. The van der Waals surface area contributed by atoms with Gasteiger partial charge in [0, 0.05) is 12.6 Å². The Morgan fingerprint density at radius 1 is 1.35 bits per heavy atom. The summed E-state index contributed by atoms with van der Waals surface area (Å²) >= 11 is 0. The first-order valence-corrected chi connectivity index (χ1v) is 7.42. The van der Waals surface area contributed by atoms with Gasteiger partial charge in [0.25, 0.3) is 0 Å². The fourth-order valence-electron chi connectivity index (χ4n) is 3.06. The predicted octanol–water partition coefficient (Wildman–Crippen LogP) is 1.96. The number of piperidine rings is 2. The standard InChI is InChI=1S/C14H27N3O.2ClH/c1-3-17-10-6-7-12(11-17)16-13(18)14(2)8-4-5-9-15-14;;/h12,15H,3-11H2,1-2H3,(H,16,18);2*1H. The number of hydrogen-bond acceptors (Lipinski definition) is 3. The highest BCUT2D eigenvalue weighted by Gasteiger charge is 2.35. The van der Waals surface area contributed by atoms with Crippen LogP contribution in [-0.4, -0.2) is 48.6 Å². The summed E-state index contributed by atoms with van der Waals surface area (Å²) in [6.45, 7) is 8.48. The highest BCUT2D eigenvalue weighted by atomic mass is 35.5. The van der Waals surface area contributed by atoms with Gasteiger partial charge in [-0.1, -0.05) is 6.92 Å². The van der Waals surface area contributed by atoms with Crippen molar-refractivity contribution in [2.75, 3.05) is 26.2 Å². The minimum absolute atomic E-state index is 0. The molecular weight excluding hydrogens is 297 g/mol. The number of halogens is 2. The monoisotopic (exact) mass is 325 g/mol. The molecule has 0 radical (unpaired) electrons. The molecule has 0 saturated carbocycles. The van der Waals surface area contributed by atoms with Crippen LogP contribution in [0, 0.1) is 0 Å². The van der Waals surface area contributed by atoms with E-state index >= 15 is 0 Å². The molecule has 0 aromatic heterocycles. The molecule has 4 nitrogen and oxygen atoms in total. The van der Waals surface area contributed by atoms with Gasteiger partial charge in [0.2, 0.25) is 5.91 Å². The molecule has 120 valence electrons. The zero-order valence-corrected chi connectivity index (χ0v) is 14.2. The van der Waals surface area contributed by atoms with Crippen LogP contribution in [0.25, 0.3) is 0 Å². The molecule has 2 atom stereocenters. The van der Waals surface area contributed by atoms with E-state index in [2.05, 4.69) is 22.5 Å². The van der Waals surface area contributed by atoms with E-state index in [0.717, 1.165) is 38.9 Å². The molecule has 20 heavy (non-hydrogen) atoms. The molecule has 2 N–H and O–H groups in total. The summed E-state index contributed by atoms with van der Waals surface area (Å²) < 4.78 is 0. The number of hydrogen-bond donors (Lipinski definition) is 2. The SMILES string of the molecule is CCN1CCCC(NC(=O)C2(C)CCCCN2)C1.Cl.Cl. The largest absolute Gasteiger partial charge is 0.350 e. The molecular formula is C14H29Cl2N3O. The smallest absolute Gasteiger partial charge is 0.240 e. The lowest BCUT2D eigenvalue weighted by Gasteiger charge is -2.37. The number of nitrogens with zero attached hydrogens (tertiary/aromatic N) is 1. The van der Waals surface area contributed by atoms with Crippen LogP contribution >= 0.6 is 24.8 Å². The van der Waals surface area contributed by atoms with Crippen molar-refractivity contribution in [2.45, 2.75) is 57.5 Å². The Morgan fingerprint density at radius 3 is 2.70 bits per heavy atom. The van der Waals surface area contributed by atoms with Gasteiger partial charge in [-0.05, 0) is 58.7 Å². The third-order valence-corrected chi connectivity index (χ3v) is 4.41. The number of likely N-dealkylation sites (tertiary alicyclic amines) is 1. The fraction of sp³-hybridized carbons (Fsp3) is 0.929. The Hall–Kier alpha value is -0.0300. The zero-order chi connectivity index (χ0) is 13.0. The molecule has 0 bridgehead atoms. The van der Waals surface area contributed by atoms with Gasteiger partial charge in [0.15, 0.2) is 0 Å². The van der Waals surface area contributed by atoms with Crippen LogP contribution in [0.15, 0.2) is 0 Å². The van der Waals surface area contributed by atoms with E-state index in [4.69, 9.17) is 0 Å². The van der Waals surface area contributed by atoms with Crippen LogP contribution in [0.4, 0.5) is 0 Å². The summed E-state index contributed by atoms with van der Waals surface area (Å²) in [5.41, 5.74) is -0.341. The van der Waals surface area contributed by atoms with E-state index in [1.165, 1.54) is 19.4 Å². The van der Waals surface area contributed by atoms with Gasteiger partial charge < -0.3 is 15.5 Å². The van der Waals surface area contributed by atoms with Crippen molar-refractivity contribution in [1.82, 2.24) is 15.5 Å². The van der Waals surface area contributed by atoms with Gasteiger partial charge in [-0.3, -0.25) is 4.79 Å². The summed E-state index contributed by atoms with van der Waals surface area (Å²) in [5.74, 6) is 0.199. The Kier molecular flexibility index (Phi) is 9.07. The van der Waals surface area contributed by atoms with E-state index in [-0.39, 0.29) is 36.3 Å². The van der Waals surface area contributed by atoms with Crippen molar-refractivity contribution in [3.05, 3.63) is 0 Å². The van der Waals surface area contributed by atoms with Gasteiger partial charge in [0.05, 0.1) is 5.54 Å². The minimum Gasteiger partial charge on any atom is -0.350 e. The Labute approximate surface area is 135 Å². The van der Waals surface area contributed by atoms with Gasteiger partial charge >= 0.3 is 0 Å². The molecule has 6 heteroatoms. The van der Waals surface area contributed by atoms with Crippen LogP contribution in [-0.2, 0) is 4.79 Å². The highest BCUT2D eigenvalue weighted by molar-refractivity contribution is 5.86. The second-order valence-corrected chi connectivity index (χ2v) is 5.92. The Morgan fingerprint density at radius 2 is 2.10 bits per heavy atom. The van der Waals surface area contributed by atoms with E-state index in [0.29, 0.717) is 6.04 Å². The molecule has 2 heterocycles. The van der Waals surface area contributed by atoms with Crippen LogP contribution < -0.4 is 10.6 Å². The molecule has 0 spiro atoms. The number of rotatable bonds is 3. The van der Waals surface area contributed by atoms with Gasteiger partial charge in [-0.2, -0.15) is 0 Å². The van der Waals surface area contributed by atoms with Crippen molar-refractivity contribution in [3.63, 3.8) is 0 Å². The van der Waals surface area contributed by atoms with Crippen molar-refractivity contribution < 1.29 is 4.79 Å². The number of carbonyl (C=O) groups is 1.